The molecule has 24 heavy (non-hydrogen) atoms. The van der Waals surface area contributed by atoms with Gasteiger partial charge in [-0.1, -0.05) is 6.07 Å². The highest BCUT2D eigenvalue weighted by Crippen LogP contribution is 2.28. The van der Waals surface area contributed by atoms with Crippen LogP contribution in [-0.2, 0) is 4.74 Å². The topological polar surface area (TPSA) is 95.7 Å². The molecule has 124 valence electrons. The van der Waals surface area contributed by atoms with Crippen molar-refractivity contribution in [3.63, 3.8) is 0 Å². The third-order valence-electron chi connectivity index (χ3n) is 2.93. The van der Waals surface area contributed by atoms with Gasteiger partial charge in [0.15, 0.2) is 0 Å². The van der Waals surface area contributed by atoms with Crippen molar-refractivity contribution in [1.29, 1.82) is 0 Å². The molecule has 0 amide bonds. The zero-order valence-electron chi connectivity index (χ0n) is 12.5. The largest absolute Gasteiger partial charge is 0.462 e. The molecular formula is C16H12FNO6. The molecule has 0 saturated carbocycles. The molecule has 0 aliphatic carbocycles. The summed E-state index contributed by atoms with van der Waals surface area (Å²) in [5.41, 5.74) is -0.453. The molecule has 0 aliphatic heterocycles. The van der Waals surface area contributed by atoms with Crippen molar-refractivity contribution >= 4 is 17.6 Å². The lowest BCUT2D eigenvalue weighted by atomic mass is 10.1. The van der Waals surface area contributed by atoms with Gasteiger partial charge >= 0.3 is 17.6 Å². The molecular weight excluding hydrogens is 321 g/mol. The fraction of sp³-hybridized carbons (Fsp3) is 0.125. The maximum atomic E-state index is 13.2. The summed E-state index contributed by atoms with van der Waals surface area (Å²) in [5, 5.41) is 10.9. The first-order valence-corrected chi connectivity index (χ1v) is 6.85. The van der Waals surface area contributed by atoms with Gasteiger partial charge in [0.05, 0.1) is 22.7 Å². The minimum absolute atomic E-state index is 0.0286. The average Bonchev–Trinajstić information content (AvgIpc) is 2.55. The first-order chi connectivity index (χ1) is 11.4. The number of nitro benzene ring substituents is 1. The highest BCUT2D eigenvalue weighted by molar-refractivity contribution is 5.96. The third-order valence-corrected chi connectivity index (χ3v) is 2.93. The highest BCUT2D eigenvalue weighted by Gasteiger charge is 2.20. The van der Waals surface area contributed by atoms with Crippen LogP contribution in [-0.4, -0.2) is 23.5 Å². The van der Waals surface area contributed by atoms with Crippen LogP contribution in [0.5, 0.6) is 5.75 Å². The van der Waals surface area contributed by atoms with Crippen molar-refractivity contribution in [2.24, 2.45) is 0 Å². The summed E-state index contributed by atoms with van der Waals surface area (Å²) in [4.78, 5) is 33.9. The molecule has 0 radical (unpaired) electrons. The van der Waals surface area contributed by atoms with E-state index in [2.05, 4.69) is 0 Å². The first-order valence-electron chi connectivity index (χ1n) is 6.85. The van der Waals surface area contributed by atoms with Crippen LogP contribution in [0.1, 0.15) is 27.6 Å². The van der Waals surface area contributed by atoms with Gasteiger partial charge in [0, 0.05) is 12.1 Å². The van der Waals surface area contributed by atoms with E-state index in [0.29, 0.717) is 0 Å². The van der Waals surface area contributed by atoms with Gasteiger partial charge in [-0.2, -0.15) is 0 Å². The summed E-state index contributed by atoms with van der Waals surface area (Å²) in [5.74, 6) is -2.89. The van der Waals surface area contributed by atoms with E-state index >= 15 is 0 Å². The molecule has 0 bridgehead atoms. The lowest BCUT2D eigenvalue weighted by molar-refractivity contribution is -0.385. The Morgan fingerprint density at radius 3 is 2.42 bits per heavy atom. The van der Waals surface area contributed by atoms with E-state index in [9.17, 15) is 24.1 Å². The Kier molecular flexibility index (Phi) is 5.20. The number of esters is 2. The Hall–Kier alpha value is -3.29. The minimum atomic E-state index is -0.963. The number of halogens is 1. The molecule has 0 aliphatic rings. The first kappa shape index (κ1) is 17.1. The second kappa shape index (κ2) is 7.32. The Labute approximate surface area is 135 Å². The monoisotopic (exact) mass is 333 g/mol. The highest BCUT2D eigenvalue weighted by atomic mass is 19.1. The molecule has 2 aromatic carbocycles. The van der Waals surface area contributed by atoms with Crippen LogP contribution in [0.15, 0.2) is 42.5 Å². The van der Waals surface area contributed by atoms with Crippen molar-refractivity contribution < 1.29 is 28.4 Å². The van der Waals surface area contributed by atoms with E-state index in [-0.39, 0.29) is 17.7 Å². The molecule has 2 aromatic rings. The second-order valence-corrected chi connectivity index (χ2v) is 4.56. The van der Waals surface area contributed by atoms with E-state index in [1.807, 2.05) is 0 Å². The molecule has 8 heteroatoms. The Morgan fingerprint density at radius 1 is 1.12 bits per heavy atom. The van der Waals surface area contributed by atoms with Gasteiger partial charge < -0.3 is 9.47 Å². The number of hydrogen-bond acceptors (Lipinski definition) is 6. The molecule has 7 nitrogen and oxygen atoms in total. The summed E-state index contributed by atoms with van der Waals surface area (Å²) in [6.45, 7) is 1.81. The Balaban J connectivity index is 2.28. The molecule has 0 unspecified atom stereocenters. The number of rotatable bonds is 5. The van der Waals surface area contributed by atoms with E-state index < -0.39 is 34.1 Å². The van der Waals surface area contributed by atoms with Crippen molar-refractivity contribution in [3.05, 3.63) is 69.5 Å². The second-order valence-electron chi connectivity index (χ2n) is 4.56. The summed E-state index contributed by atoms with van der Waals surface area (Å²) >= 11 is 0. The maximum Gasteiger partial charge on any atom is 0.343 e. The molecule has 0 N–H and O–H groups in total. The van der Waals surface area contributed by atoms with Gasteiger partial charge in [-0.3, -0.25) is 10.1 Å². The van der Waals surface area contributed by atoms with Crippen molar-refractivity contribution in [2.75, 3.05) is 6.61 Å². The number of nitro groups is 1. The minimum Gasteiger partial charge on any atom is -0.462 e. The van der Waals surface area contributed by atoms with Gasteiger partial charge in [0.2, 0.25) is 5.75 Å². The van der Waals surface area contributed by atoms with Crippen molar-refractivity contribution in [2.45, 2.75) is 6.92 Å². The van der Waals surface area contributed by atoms with Crippen molar-refractivity contribution in [1.82, 2.24) is 0 Å². The fourth-order valence-electron chi connectivity index (χ4n) is 1.87. The smallest absolute Gasteiger partial charge is 0.343 e. The van der Waals surface area contributed by atoms with Crippen molar-refractivity contribution in [3.8, 4) is 5.75 Å². The van der Waals surface area contributed by atoms with E-state index in [1.165, 1.54) is 24.3 Å². The maximum absolute atomic E-state index is 13.2. The lowest BCUT2D eigenvalue weighted by Gasteiger charge is -2.07. The van der Waals surface area contributed by atoms with Crippen LogP contribution < -0.4 is 4.74 Å². The van der Waals surface area contributed by atoms with Gasteiger partial charge in [-0.25, -0.2) is 14.0 Å². The van der Waals surface area contributed by atoms with Gasteiger partial charge in [0.1, 0.15) is 5.82 Å². The summed E-state index contributed by atoms with van der Waals surface area (Å²) < 4.78 is 23.0. The normalized spacial score (nSPS) is 10.1. The van der Waals surface area contributed by atoms with Gasteiger partial charge in [-0.15, -0.1) is 0 Å². The quantitative estimate of drug-likeness (QED) is 0.361. The number of hydrogen-bond donors (Lipinski definition) is 0. The van der Waals surface area contributed by atoms with Crippen LogP contribution in [0.25, 0.3) is 0 Å². The number of carbonyl (C=O) groups excluding carboxylic acids is 2. The van der Waals surface area contributed by atoms with Gasteiger partial charge in [-0.05, 0) is 31.2 Å². The summed E-state index contributed by atoms with van der Waals surface area (Å²) in [6, 6.07) is 7.99. The number of carbonyl (C=O) groups is 2. The van der Waals surface area contributed by atoms with Crippen LogP contribution in [0, 0.1) is 15.9 Å². The van der Waals surface area contributed by atoms with Crippen LogP contribution in [0.4, 0.5) is 10.1 Å². The Bertz CT molecular complexity index is 805. The Morgan fingerprint density at radius 2 is 1.79 bits per heavy atom. The zero-order valence-corrected chi connectivity index (χ0v) is 12.5. The average molecular weight is 333 g/mol. The predicted molar refractivity (Wildman–Crippen MR) is 80.4 cm³/mol. The molecule has 0 aromatic heterocycles. The number of benzene rings is 2. The summed E-state index contributed by atoms with van der Waals surface area (Å²) in [6.07, 6.45) is 0. The number of ether oxygens (including phenoxy) is 2. The van der Waals surface area contributed by atoms with Crippen LogP contribution in [0.2, 0.25) is 0 Å². The molecule has 2 rings (SSSR count). The molecule has 0 spiro atoms. The predicted octanol–water partition coefficient (Wildman–Crippen LogP) is 3.13. The standard InChI is InChI=1S/C16H12FNO6/c1-2-23-15(19)10-4-3-5-11(8-10)16(20)24-14-9-12(17)6-7-13(14)18(21)22/h3-9H,2H2,1H3. The van der Waals surface area contributed by atoms with E-state index in [1.54, 1.807) is 6.92 Å². The molecule has 0 fully saturated rings. The zero-order chi connectivity index (χ0) is 17.7. The van der Waals surface area contributed by atoms with Crippen LogP contribution >= 0.6 is 0 Å². The molecule has 0 saturated heterocycles. The van der Waals surface area contributed by atoms with Crippen LogP contribution in [0.3, 0.4) is 0 Å². The third kappa shape index (κ3) is 3.92. The summed E-state index contributed by atoms with van der Waals surface area (Å²) in [7, 11) is 0. The lowest BCUT2D eigenvalue weighted by Crippen LogP contribution is -2.12. The number of nitrogens with zero attached hydrogens (tertiary/aromatic N) is 1. The molecule has 0 atom stereocenters. The van der Waals surface area contributed by atoms with Gasteiger partial charge in [0.25, 0.3) is 0 Å². The molecule has 0 heterocycles. The SMILES string of the molecule is CCOC(=O)c1cccc(C(=O)Oc2cc(F)ccc2[N+](=O)[O-])c1. The van der Waals surface area contributed by atoms with E-state index in [0.717, 1.165) is 18.2 Å². The fourth-order valence-corrected chi connectivity index (χ4v) is 1.87. The van der Waals surface area contributed by atoms with E-state index in [4.69, 9.17) is 9.47 Å².